The van der Waals surface area contributed by atoms with Gasteiger partial charge in [-0.1, -0.05) is 27.2 Å². The van der Waals surface area contributed by atoms with Crippen LogP contribution in [0.15, 0.2) is 0 Å². The monoisotopic (exact) mass is 277 g/mol. The van der Waals surface area contributed by atoms with E-state index in [-0.39, 0.29) is 6.04 Å². The van der Waals surface area contributed by atoms with Crippen molar-refractivity contribution in [1.29, 1.82) is 0 Å². The highest BCUT2D eigenvalue weighted by atomic mass is 32.2. The number of unbranched alkanes of at least 4 members (excludes halogenated alkanes) is 1. The molecule has 1 aliphatic heterocycles. The Morgan fingerprint density at radius 1 is 1.33 bits per heavy atom. The molecule has 1 heterocycles. The maximum Gasteiger partial charge on any atom is 0.279 e. The minimum Gasteiger partial charge on any atom is -0.302 e. The molecule has 2 atom stereocenters. The number of rotatable bonds is 7. The summed E-state index contributed by atoms with van der Waals surface area (Å²) in [5.41, 5.74) is 0. The van der Waals surface area contributed by atoms with Crippen molar-refractivity contribution in [2.45, 2.75) is 39.7 Å². The maximum atomic E-state index is 12.1. The summed E-state index contributed by atoms with van der Waals surface area (Å²) >= 11 is 0. The summed E-state index contributed by atoms with van der Waals surface area (Å²) in [7, 11) is -1.68. The topological polar surface area (TPSA) is 52.7 Å². The Morgan fingerprint density at radius 3 is 2.50 bits per heavy atom. The van der Waals surface area contributed by atoms with E-state index in [1.165, 1.54) is 4.31 Å². The van der Waals surface area contributed by atoms with E-state index in [9.17, 15) is 8.42 Å². The molecular weight excluding hydrogens is 250 g/mol. The smallest absolute Gasteiger partial charge is 0.279 e. The summed E-state index contributed by atoms with van der Waals surface area (Å²) in [6.45, 7) is 9.64. The summed E-state index contributed by atoms with van der Waals surface area (Å²) in [4.78, 5) is 2.28. The first-order chi connectivity index (χ1) is 8.40. The number of hydrogen-bond donors (Lipinski definition) is 1. The third-order valence-corrected chi connectivity index (χ3v) is 5.28. The lowest BCUT2D eigenvalue weighted by Crippen LogP contribution is -2.46. The molecule has 1 aliphatic rings. The molecule has 1 N–H and O–H groups in total. The molecule has 0 amide bonds. The second-order valence-electron chi connectivity index (χ2n) is 5.23. The molecular formula is C12H27N3O2S. The Hall–Kier alpha value is -0.170. The van der Waals surface area contributed by atoms with Crippen LogP contribution in [-0.2, 0) is 10.2 Å². The number of likely N-dealkylation sites (N-methyl/N-ethyl adjacent to an activating group) is 1. The zero-order valence-corrected chi connectivity index (χ0v) is 12.8. The second kappa shape index (κ2) is 6.84. The lowest BCUT2D eigenvalue weighted by Gasteiger charge is -2.22. The van der Waals surface area contributed by atoms with Gasteiger partial charge in [0.25, 0.3) is 10.2 Å². The average molecular weight is 277 g/mol. The fraction of sp³-hybridized carbons (Fsp3) is 1.00. The molecule has 5 nitrogen and oxygen atoms in total. The molecule has 0 aliphatic carbocycles. The van der Waals surface area contributed by atoms with Gasteiger partial charge >= 0.3 is 0 Å². The van der Waals surface area contributed by atoms with Crippen LogP contribution in [0.1, 0.15) is 33.6 Å². The second-order valence-corrected chi connectivity index (χ2v) is 7.04. The van der Waals surface area contributed by atoms with Gasteiger partial charge in [-0.25, -0.2) is 0 Å². The molecule has 0 spiro atoms. The van der Waals surface area contributed by atoms with Crippen molar-refractivity contribution in [1.82, 2.24) is 13.9 Å². The molecule has 1 fully saturated rings. The quantitative estimate of drug-likeness (QED) is 0.752. The fourth-order valence-corrected chi connectivity index (χ4v) is 3.50. The first-order valence-corrected chi connectivity index (χ1v) is 8.30. The summed E-state index contributed by atoms with van der Waals surface area (Å²) in [5.74, 6) is 0.374. The molecule has 18 heavy (non-hydrogen) atoms. The highest BCUT2D eigenvalue weighted by molar-refractivity contribution is 7.87. The van der Waals surface area contributed by atoms with E-state index in [1.807, 2.05) is 0 Å². The van der Waals surface area contributed by atoms with Gasteiger partial charge in [0, 0.05) is 32.7 Å². The largest absolute Gasteiger partial charge is 0.302 e. The highest BCUT2D eigenvalue weighted by Gasteiger charge is 2.32. The van der Waals surface area contributed by atoms with Gasteiger partial charge < -0.3 is 4.90 Å². The normalized spacial score (nSPS) is 26.1. The SMILES string of the molecule is CCCCN(C)S(=O)(=O)N[C@@H]1CN(CC)C[C@H]1C. The predicted octanol–water partition coefficient (Wildman–Crippen LogP) is 0.893. The first kappa shape index (κ1) is 15.9. The first-order valence-electron chi connectivity index (χ1n) is 6.86. The Labute approximate surface area is 112 Å². The van der Waals surface area contributed by atoms with Crippen molar-refractivity contribution in [2.24, 2.45) is 5.92 Å². The van der Waals surface area contributed by atoms with Crippen LogP contribution < -0.4 is 4.72 Å². The van der Waals surface area contributed by atoms with Crippen molar-refractivity contribution in [3.8, 4) is 0 Å². The van der Waals surface area contributed by atoms with E-state index in [0.29, 0.717) is 12.5 Å². The molecule has 6 heteroatoms. The molecule has 0 unspecified atom stereocenters. The maximum absolute atomic E-state index is 12.1. The Kier molecular flexibility index (Phi) is 6.04. The zero-order chi connectivity index (χ0) is 13.8. The van der Waals surface area contributed by atoms with Crippen molar-refractivity contribution in [2.75, 3.05) is 33.2 Å². The van der Waals surface area contributed by atoms with Crippen molar-refractivity contribution >= 4 is 10.2 Å². The average Bonchev–Trinajstić information content (AvgIpc) is 2.66. The third-order valence-electron chi connectivity index (χ3n) is 3.67. The lowest BCUT2D eigenvalue weighted by atomic mass is 10.1. The van der Waals surface area contributed by atoms with Crippen LogP contribution in [0.4, 0.5) is 0 Å². The lowest BCUT2D eigenvalue weighted by molar-refractivity contribution is 0.344. The van der Waals surface area contributed by atoms with Crippen LogP contribution >= 0.6 is 0 Å². The van der Waals surface area contributed by atoms with Gasteiger partial charge in [0.15, 0.2) is 0 Å². The van der Waals surface area contributed by atoms with Crippen LogP contribution in [0.5, 0.6) is 0 Å². The minimum atomic E-state index is -3.32. The van der Waals surface area contributed by atoms with Gasteiger partial charge in [-0.15, -0.1) is 0 Å². The zero-order valence-electron chi connectivity index (χ0n) is 12.0. The van der Waals surface area contributed by atoms with Crippen molar-refractivity contribution in [3.63, 3.8) is 0 Å². The van der Waals surface area contributed by atoms with Gasteiger partial charge in [0.2, 0.25) is 0 Å². The number of nitrogens with one attached hydrogen (secondary N) is 1. The highest BCUT2D eigenvalue weighted by Crippen LogP contribution is 2.17. The van der Waals surface area contributed by atoms with Crippen molar-refractivity contribution < 1.29 is 8.42 Å². The summed E-state index contributed by atoms with van der Waals surface area (Å²) in [6, 6.07) is 0.0408. The minimum absolute atomic E-state index is 0.0408. The summed E-state index contributed by atoms with van der Waals surface area (Å²) in [6.07, 6.45) is 1.90. The molecule has 0 aromatic carbocycles. The molecule has 0 aromatic heterocycles. The Balaban J connectivity index is 2.55. The van der Waals surface area contributed by atoms with Crippen LogP contribution in [0.25, 0.3) is 0 Å². The standard InChI is InChI=1S/C12H27N3O2S/c1-5-7-8-14(4)18(16,17)13-12-10-15(6-2)9-11(12)3/h11-13H,5-10H2,1-4H3/t11-,12-/m1/s1. The van der Waals surface area contributed by atoms with Gasteiger partial charge in [-0.2, -0.15) is 17.4 Å². The summed E-state index contributed by atoms with van der Waals surface area (Å²) < 4.78 is 28.5. The van der Waals surface area contributed by atoms with E-state index >= 15 is 0 Å². The van der Waals surface area contributed by atoms with Crippen LogP contribution in [0, 0.1) is 5.92 Å². The van der Waals surface area contributed by atoms with E-state index in [1.54, 1.807) is 7.05 Å². The van der Waals surface area contributed by atoms with Gasteiger partial charge in [0.1, 0.15) is 0 Å². The van der Waals surface area contributed by atoms with Crippen LogP contribution in [-0.4, -0.2) is 56.9 Å². The van der Waals surface area contributed by atoms with Crippen LogP contribution in [0.3, 0.4) is 0 Å². The molecule has 1 saturated heterocycles. The molecule has 0 saturated carbocycles. The molecule has 0 radical (unpaired) electrons. The van der Waals surface area contributed by atoms with E-state index in [0.717, 1.165) is 32.5 Å². The molecule has 0 bridgehead atoms. The molecule has 1 rings (SSSR count). The van der Waals surface area contributed by atoms with Gasteiger partial charge in [0.05, 0.1) is 0 Å². The predicted molar refractivity (Wildman–Crippen MR) is 74.7 cm³/mol. The van der Waals surface area contributed by atoms with E-state index in [4.69, 9.17) is 0 Å². The number of nitrogens with zero attached hydrogens (tertiary/aromatic N) is 2. The summed E-state index contributed by atoms with van der Waals surface area (Å²) in [5, 5.41) is 0. The Morgan fingerprint density at radius 2 is 2.00 bits per heavy atom. The van der Waals surface area contributed by atoms with Gasteiger partial charge in [-0.05, 0) is 18.9 Å². The van der Waals surface area contributed by atoms with E-state index in [2.05, 4.69) is 30.4 Å². The Bertz CT molecular complexity index is 345. The third kappa shape index (κ3) is 4.19. The van der Waals surface area contributed by atoms with Crippen LogP contribution in [0.2, 0.25) is 0 Å². The van der Waals surface area contributed by atoms with Crippen molar-refractivity contribution in [3.05, 3.63) is 0 Å². The van der Waals surface area contributed by atoms with Gasteiger partial charge in [-0.3, -0.25) is 0 Å². The van der Waals surface area contributed by atoms with E-state index < -0.39 is 10.2 Å². The molecule has 0 aromatic rings. The fourth-order valence-electron chi connectivity index (χ4n) is 2.26. The number of likely N-dealkylation sites (tertiary alicyclic amines) is 1. The molecule has 108 valence electrons. The number of hydrogen-bond acceptors (Lipinski definition) is 3.